The van der Waals surface area contributed by atoms with Gasteiger partial charge in [0.15, 0.2) is 0 Å². The lowest BCUT2D eigenvalue weighted by Gasteiger charge is -2.23. The Morgan fingerprint density at radius 1 is 0.931 bits per heavy atom. The minimum Gasteiger partial charge on any atom is -0.469 e. The van der Waals surface area contributed by atoms with E-state index < -0.39 is 53.9 Å². The van der Waals surface area contributed by atoms with Gasteiger partial charge in [0.05, 0.1) is 45.7 Å². The van der Waals surface area contributed by atoms with Crippen molar-refractivity contribution in [3.8, 4) is 0 Å². The Bertz CT molecular complexity index is 747. The summed E-state index contributed by atoms with van der Waals surface area (Å²) in [7, 11) is 3.13. The molecule has 8 nitrogen and oxygen atoms in total. The average molecular weight is 419 g/mol. The summed E-state index contributed by atoms with van der Waals surface area (Å²) in [6, 6.07) is 2.29. The second kappa shape index (κ2) is 10.4. The Labute approximate surface area is 164 Å². The van der Waals surface area contributed by atoms with Crippen LogP contribution in [0, 0.1) is 5.92 Å². The summed E-state index contributed by atoms with van der Waals surface area (Å²) in [6.07, 6.45) is -5.46. The number of carbonyl (C=O) groups excluding carboxylic acids is 4. The van der Waals surface area contributed by atoms with E-state index in [1.807, 2.05) is 0 Å². The molecule has 1 rings (SSSR count). The van der Waals surface area contributed by atoms with Gasteiger partial charge in [0.1, 0.15) is 6.04 Å². The molecule has 0 radical (unpaired) electrons. The molecule has 0 heterocycles. The molecule has 0 aliphatic carbocycles. The zero-order chi connectivity index (χ0) is 22.2. The molecule has 0 saturated carbocycles. The number of hydrogen-bond acceptors (Lipinski definition) is 7. The normalized spacial score (nSPS) is 13.0. The van der Waals surface area contributed by atoms with Gasteiger partial charge in [0, 0.05) is 0 Å². The van der Waals surface area contributed by atoms with Gasteiger partial charge in [-0.3, -0.25) is 14.4 Å². The second-order valence-corrected chi connectivity index (χ2v) is 5.85. The SMILES string of the molecule is COC(=O)C[C@@H](C(=O)OC)[C@@H](NC(=O)Cc1ccc(C(F)(F)F)cc1)C(=O)OC. The monoisotopic (exact) mass is 419 g/mol. The molecule has 1 aromatic carbocycles. The first kappa shape index (κ1) is 23.9. The zero-order valence-corrected chi connectivity index (χ0v) is 15.9. The molecule has 0 spiro atoms. The molecule has 0 aromatic heterocycles. The number of amides is 1. The van der Waals surface area contributed by atoms with Gasteiger partial charge in [0.25, 0.3) is 0 Å². The van der Waals surface area contributed by atoms with E-state index in [1.165, 1.54) is 0 Å². The summed E-state index contributed by atoms with van der Waals surface area (Å²) >= 11 is 0. The number of carbonyl (C=O) groups is 4. The van der Waals surface area contributed by atoms with Crippen molar-refractivity contribution in [3.63, 3.8) is 0 Å². The number of benzene rings is 1. The molecule has 29 heavy (non-hydrogen) atoms. The lowest BCUT2D eigenvalue weighted by Crippen LogP contribution is -2.50. The third kappa shape index (κ3) is 7.09. The van der Waals surface area contributed by atoms with Gasteiger partial charge >= 0.3 is 24.1 Å². The predicted molar refractivity (Wildman–Crippen MR) is 91.2 cm³/mol. The van der Waals surface area contributed by atoms with Crippen LogP contribution in [-0.4, -0.2) is 51.2 Å². The third-order valence-corrected chi connectivity index (χ3v) is 3.94. The van der Waals surface area contributed by atoms with Crippen molar-refractivity contribution in [1.82, 2.24) is 5.32 Å². The van der Waals surface area contributed by atoms with E-state index in [1.54, 1.807) is 0 Å². The molecule has 0 bridgehead atoms. The summed E-state index contributed by atoms with van der Waals surface area (Å²) in [5.41, 5.74) is -0.639. The minimum absolute atomic E-state index is 0.238. The van der Waals surface area contributed by atoms with Crippen LogP contribution >= 0.6 is 0 Å². The number of esters is 3. The smallest absolute Gasteiger partial charge is 0.416 e. The van der Waals surface area contributed by atoms with Gasteiger partial charge in [-0.2, -0.15) is 13.2 Å². The molecule has 0 saturated heterocycles. The van der Waals surface area contributed by atoms with Crippen LogP contribution in [0.25, 0.3) is 0 Å². The van der Waals surface area contributed by atoms with E-state index in [-0.39, 0.29) is 12.0 Å². The van der Waals surface area contributed by atoms with Crippen molar-refractivity contribution in [2.75, 3.05) is 21.3 Å². The molecule has 1 amide bonds. The number of rotatable bonds is 8. The van der Waals surface area contributed by atoms with E-state index >= 15 is 0 Å². The maximum absolute atomic E-state index is 12.6. The fourth-order valence-corrected chi connectivity index (χ4v) is 2.42. The van der Waals surface area contributed by atoms with Crippen LogP contribution in [0.2, 0.25) is 0 Å². The highest BCUT2D eigenvalue weighted by molar-refractivity contribution is 5.91. The summed E-state index contributed by atoms with van der Waals surface area (Å²) in [5.74, 6) is -4.99. The Morgan fingerprint density at radius 2 is 1.48 bits per heavy atom. The lowest BCUT2D eigenvalue weighted by atomic mass is 9.95. The first-order valence-corrected chi connectivity index (χ1v) is 8.21. The van der Waals surface area contributed by atoms with Crippen LogP contribution in [0.1, 0.15) is 17.5 Å². The van der Waals surface area contributed by atoms with Crippen LogP contribution in [0.5, 0.6) is 0 Å². The van der Waals surface area contributed by atoms with Gasteiger partial charge in [-0.15, -0.1) is 0 Å². The number of methoxy groups -OCH3 is 3. The van der Waals surface area contributed by atoms with E-state index in [4.69, 9.17) is 0 Å². The molecule has 0 aliphatic heterocycles. The number of alkyl halides is 3. The first-order chi connectivity index (χ1) is 13.5. The average Bonchev–Trinajstić information content (AvgIpc) is 2.68. The van der Waals surface area contributed by atoms with Crippen molar-refractivity contribution < 1.29 is 46.6 Å². The second-order valence-electron chi connectivity index (χ2n) is 5.85. The van der Waals surface area contributed by atoms with E-state index in [0.29, 0.717) is 0 Å². The maximum atomic E-state index is 12.6. The lowest BCUT2D eigenvalue weighted by molar-refractivity contribution is -0.159. The molecular weight excluding hydrogens is 399 g/mol. The highest BCUT2D eigenvalue weighted by Gasteiger charge is 2.38. The highest BCUT2D eigenvalue weighted by atomic mass is 19.4. The molecular formula is C18H20F3NO7. The van der Waals surface area contributed by atoms with E-state index in [2.05, 4.69) is 19.5 Å². The molecule has 1 N–H and O–H groups in total. The van der Waals surface area contributed by atoms with Crippen molar-refractivity contribution >= 4 is 23.8 Å². The van der Waals surface area contributed by atoms with Crippen molar-refractivity contribution in [1.29, 1.82) is 0 Å². The van der Waals surface area contributed by atoms with Gasteiger partial charge in [-0.1, -0.05) is 12.1 Å². The number of hydrogen-bond donors (Lipinski definition) is 1. The van der Waals surface area contributed by atoms with Crippen LogP contribution in [0.3, 0.4) is 0 Å². The fourth-order valence-electron chi connectivity index (χ4n) is 2.42. The molecule has 2 atom stereocenters. The van der Waals surface area contributed by atoms with Crippen LogP contribution in [0.15, 0.2) is 24.3 Å². The highest BCUT2D eigenvalue weighted by Crippen LogP contribution is 2.29. The zero-order valence-electron chi connectivity index (χ0n) is 15.9. The van der Waals surface area contributed by atoms with Crippen molar-refractivity contribution in [3.05, 3.63) is 35.4 Å². The molecule has 1 aromatic rings. The Hall–Kier alpha value is -3.11. The molecule has 0 unspecified atom stereocenters. The Kier molecular flexibility index (Phi) is 8.61. The minimum atomic E-state index is -4.52. The van der Waals surface area contributed by atoms with Crippen LogP contribution in [-0.2, 0) is 46.0 Å². The third-order valence-electron chi connectivity index (χ3n) is 3.94. The number of ether oxygens (including phenoxy) is 3. The summed E-state index contributed by atoms with van der Waals surface area (Å²) in [6.45, 7) is 0. The van der Waals surface area contributed by atoms with Gasteiger partial charge in [-0.25, -0.2) is 4.79 Å². The Morgan fingerprint density at radius 3 is 1.93 bits per heavy atom. The van der Waals surface area contributed by atoms with Gasteiger partial charge in [0.2, 0.25) is 5.91 Å². The van der Waals surface area contributed by atoms with Gasteiger partial charge < -0.3 is 19.5 Å². The molecule has 0 fully saturated rings. The largest absolute Gasteiger partial charge is 0.469 e. The Balaban J connectivity index is 2.98. The quantitative estimate of drug-likeness (QED) is 0.499. The van der Waals surface area contributed by atoms with E-state index in [0.717, 1.165) is 45.6 Å². The standard InChI is InChI=1S/C18H20F3NO7/c1-27-14(24)9-12(16(25)28-2)15(17(26)29-3)22-13(23)8-10-4-6-11(7-5-10)18(19,20)21/h4-7,12,15H,8-9H2,1-3H3,(H,22,23)/t12-,15-/m1/s1. The fraction of sp³-hybridized carbons (Fsp3) is 0.444. The van der Waals surface area contributed by atoms with Crippen molar-refractivity contribution in [2.45, 2.75) is 25.1 Å². The summed E-state index contributed by atoms with van der Waals surface area (Å²) < 4.78 is 51.4. The first-order valence-electron chi connectivity index (χ1n) is 8.21. The maximum Gasteiger partial charge on any atom is 0.416 e. The summed E-state index contributed by atoms with van der Waals surface area (Å²) in [5, 5.41) is 2.26. The van der Waals surface area contributed by atoms with Crippen LogP contribution in [0.4, 0.5) is 13.2 Å². The number of nitrogens with one attached hydrogen (secondary N) is 1. The van der Waals surface area contributed by atoms with Crippen LogP contribution < -0.4 is 5.32 Å². The summed E-state index contributed by atoms with van der Waals surface area (Å²) in [4.78, 5) is 47.9. The molecule has 0 aliphatic rings. The van der Waals surface area contributed by atoms with Crippen molar-refractivity contribution in [2.24, 2.45) is 5.92 Å². The predicted octanol–water partition coefficient (Wildman–Crippen LogP) is 1.26. The van der Waals surface area contributed by atoms with Gasteiger partial charge in [-0.05, 0) is 17.7 Å². The number of halogens is 3. The molecule has 11 heteroatoms. The van der Waals surface area contributed by atoms with E-state index in [9.17, 15) is 32.3 Å². The molecule has 160 valence electrons. The topological polar surface area (TPSA) is 108 Å².